The van der Waals surface area contributed by atoms with E-state index >= 15 is 0 Å². The third kappa shape index (κ3) is 6.73. The van der Waals surface area contributed by atoms with Crippen molar-refractivity contribution in [1.82, 2.24) is 15.3 Å². The Morgan fingerprint density at radius 3 is 2.55 bits per heavy atom. The molecule has 31 heavy (non-hydrogen) atoms. The highest BCUT2D eigenvalue weighted by molar-refractivity contribution is 5.94. The van der Waals surface area contributed by atoms with Crippen molar-refractivity contribution in [2.24, 2.45) is 0 Å². The lowest BCUT2D eigenvalue weighted by Gasteiger charge is -2.18. The fourth-order valence-corrected chi connectivity index (χ4v) is 2.61. The number of alkyl halides is 4. The van der Waals surface area contributed by atoms with Crippen molar-refractivity contribution in [1.29, 1.82) is 0 Å². The van der Waals surface area contributed by atoms with Gasteiger partial charge < -0.3 is 10.1 Å². The minimum atomic E-state index is -4.28. The van der Waals surface area contributed by atoms with Crippen molar-refractivity contribution in [3.63, 3.8) is 0 Å². The zero-order chi connectivity index (χ0) is 23.2. The fourth-order valence-electron chi connectivity index (χ4n) is 2.61. The van der Waals surface area contributed by atoms with Crippen molar-refractivity contribution >= 4 is 11.7 Å². The van der Waals surface area contributed by atoms with Crippen LogP contribution < -0.4 is 10.1 Å². The van der Waals surface area contributed by atoms with E-state index in [1.165, 1.54) is 25.4 Å². The first kappa shape index (κ1) is 24.2. The van der Waals surface area contributed by atoms with Gasteiger partial charge in [-0.2, -0.15) is 8.78 Å². The molecule has 2 aromatic rings. The number of hydrogen-bond donors (Lipinski definition) is 1. The monoisotopic (exact) mass is 441 g/mol. The van der Waals surface area contributed by atoms with Gasteiger partial charge in [0, 0.05) is 42.1 Å². The minimum absolute atomic E-state index is 0.00796. The number of amides is 1. The summed E-state index contributed by atoms with van der Waals surface area (Å²) in [5.41, 5.74) is 1.74. The molecule has 6 nitrogen and oxygen atoms in total. The molecule has 1 N–H and O–H groups in total. The van der Waals surface area contributed by atoms with Crippen molar-refractivity contribution in [2.45, 2.75) is 52.0 Å². The Bertz CT molecular complexity index is 938. The van der Waals surface area contributed by atoms with Gasteiger partial charge in [-0.1, -0.05) is 6.92 Å². The lowest BCUT2D eigenvalue weighted by molar-refractivity contribution is -0.148. The number of aromatic nitrogens is 2. The standard InChI is InChI=1S/C21H23F4N3O3/c1-4-17(29)9-16-8-14(5-6-26-16)18(30)28-13(3)15-7-12(2)19(27-10-15)31-11-21(24,25)20(22)23/h5-8,10,13,20H,4,9,11H2,1-3H3,(H,28,30). The van der Waals surface area contributed by atoms with Gasteiger partial charge in [-0.25, -0.2) is 13.8 Å². The van der Waals surface area contributed by atoms with Crippen LogP contribution in [0.4, 0.5) is 17.6 Å². The fraction of sp³-hybridized carbons (Fsp3) is 0.429. The average Bonchev–Trinajstić information content (AvgIpc) is 2.72. The molecule has 168 valence electrons. The van der Waals surface area contributed by atoms with E-state index in [2.05, 4.69) is 15.3 Å². The number of aryl methyl sites for hydroxylation is 1. The number of rotatable bonds is 10. The molecule has 0 radical (unpaired) electrons. The summed E-state index contributed by atoms with van der Waals surface area (Å²) >= 11 is 0. The molecule has 2 rings (SSSR count). The Morgan fingerprint density at radius 2 is 1.94 bits per heavy atom. The molecule has 0 saturated carbocycles. The second kappa shape index (κ2) is 10.3. The van der Waals surface area contributed by atoms with Crippen molar-refractivity contribution in [3.05, 3.63) is 53.0 Å². The van der Waals surface area contributed by atoms with Crippen LogP contribution in [-0.2, 0) is 11.2 Å². The van der Waals surface area contributed by atoms with Crippen LogP contribution in [0.3, 0.4) is 0 Å². The SMILES string of the molecule is CCC(=O)Cc1cc(C(=O)NC(C)c2cnc(OCC(F)(F)C(F)F)c(C)c2)ccn1. The van der Waals surface area contributed by atoms with Gasteiger partial charge in [0.25, 0.3) is 5.91 Å². The minimum Gasteiger partial charge on any atom is -0.471 e. The summed E-state index contributed by atoms with van der Waals surface area (Å²) in [6.07, 6.45) is -0.559. The Hall–Kier alpha value is -3.04. The largest absolute Gasteiger partial charge is 0.471 e. The van der Waals surface area contributed by atoms with Crippen LogP contribution >= 0.6 is 0 Å². The van der Waals surface area contributed by atoms with Crippen LogP contribution in [0.2, 0.25) is 0 Å². The van der Waals surface area contributed by atoms with E-state index in [4.69, 9.17) is 4.74 Å². The summed E-state index contributed by atoms with van der Waals surface area (Å²) in [6, 6.07) is 4.13. The summed E-state index contributed by atoms with van der Waals surface area (Å²) in [6.45, 7) is 3.48. The van der Waals surface area contributed by atoms with E-state index in [0.717, 1.165) is 0 Å². The van der Waals surface area contributed by atoms with Crippen LogP contribution in [0.1, 0.15) is 53.5 Å². The van der Waals surface area contributed by atoms with Crippen LogP contribution in [0.15, 0.2) is 30.6 Å². The zero-order valence-electron chi connectivity index (χ0n) is 17.3. The Kier molecular flexibility index (Phi) is 8.07. The van der Waals surface area contributed by atoms with Gasteiger partial charge in [0.2, 0.25) is 5.88 Å². The maximum Gasteiger partial charge on any atom is 0.340 e. The number of ketones is 1. The Labute approximate surface area is 177 Å². The molecule has 0 bridgehead atoms. The van der Waals surface area contributed by atoms with Gasteiger partial charge in [-0.05, 0) is 37.6 Å². The van der Waals surface area contributed by atoms with Crippen molar-refractivity contribution < 1.29 is 31.9 Å². The number of nitrogens with one attached hydrogen (secondary N) is 1. The molecule has 0 spiro atoms. The molecular weight excluding hydrogens is 418 g/mol. The third-order valence-electron chi connectivity index (χ3n) is 4.47. The average molecular weight is 441 g/mol. The molecule has 0 aliphatic carbocycles. The molecule has 0 aromatic carbocycles. The lowest BCUT2D eigenvalue weighted by Crippen LogP contribution is -2.34. The Balaban J connectivity index is 2.04. The van der Waals surface area contributed by atoms with Crippen molar-refractivity contribution in [3.8, 4) is 5.88 Å². The molecule has 2 heterocycles. The molecule has 1 amide bonds. The van der Waals surface area contributed by atoms with Gasteiger partial charge in [0.15, 0.2) is 6.61 Å². The third-order valence-corrected chi connectivity index (χ3v) is 4.47. The van der Waals surface area contributed by atoms with Crippen LogP contribution in [0.25, 0.3) is 0 Å². The van der Waals surface area contributed by atoms with E-state index < -0.39 is 30.9 Å². The molecule has 1 unspecified atom stereocenters. The molecule has 0 fully saturated rings. The second-order valence-electron chi connectivity index (χ2n) is 7.04. The number of carbonyl (C=O) groups excluding carboxylic acids is 2. The van der Waals surface area contributed by atoms with Gasteiger partial charge >= 0.3 is 12.3 Å². The number of halogens is 4. The van der Waals surface area contributed by atoms with E-state index in [9.17, 15) is 27.2 Å². The molecule has 0 aliphatic rings. The van der Waals surface area contributed by atoms with Crippen LogP contribution in [-0.4, -0.2) is 40.6 Å². The van der Waals surface area contributed by atoms with Gasteiger partial charge in [-0.15, -0.1) is 0 Å². The zero-order valence-corrected chi connectivity index (χ0v) is 17.3. The summed E-state index contributed by atoms with van der Waals surface area (Å²) in [7, 11) is 0. The smallest absolute Gasteiger partial charge is 0.340 e. The van der Waals surface area contributed by atoms with E-state index in [0.29, 0.717) is 28.8 Å². The quantitative estimate of drug-likeness (QED) is 0.562. The molecule has 10 heteroatoms. The molecule has 0 saturated heterocycles. The molecular formula is C21H23F4N3O3. The summed E-state index contributed by atoms with van der Waals surface area (Å²) in [5, 5.41) is 2.77. The number of Topliss-reactive ketones (excluding diaryl/α,β-unsaturated/α-hetero) is 1. The number of hydrogen-bond acceptors (Lipinski definition) is 5. The Morgan fingerprint density at radius 1 is 1.23 bits per heavy atom. The number of carbonyl (C=O) groups is 2. The highest BCUT2D eigenvalue weighted by Crippen LogP contribution is 2.26. The summed E-state index contributed by atoms with van der Waals surface area (Å²) in [5.74, 6) is -4.86. The first-order chi connectivity index (χ1) is 14.5. The predicted octanol–water partition coefficient (Wildman–Crippen LogP) is 4.08. The van der Waals surface area contributed by atoms with Crippen LogP contribution in [0.5, 0.6) is 5.88 Å². The summed E-state index contributed by atoms with van der Waals surface area (Å²) in [4.78, 5) is 32.1. The number of ether oxygens (including phenoxy) is 1. The number of nitrogens with zero attached hydrogens (tertiary/aromatic N) is 2. The normalized spacial score (nSPS) is 12.5. The predicted molar refractivity (Wildman–Crippen MR) is 105 cm³/mol. The maximum atomic E-state index is 13.0. The second-order valence-corrected chi connectivity index (χ2v) is 7.04. The van der Waals surface area contributed by atoms with E-state index in [1.807, 2.05) is 0 Å². The van der Waals surface area contributed by atoms with E-state index in [-0.39, 0.29) is 18.1 Å². The topological polar surface area (TPSA) is 81.2 Å². The van der Waals surface area contributed by atoms with Crippen molar-refractivity contribution in [2.75, 3.05) is 6.61 Å². The van der Waals surface area contributed by atoms with Crippen LogP contribution in [0, 0.1) is 6.92 Å². The molecule has 0 aliphatic heterocycles. The van der Waals surface area contributed by atoms with Gasteiger partial charge in [-0.3, -0.25) is 14.6 Å². The summed E-state index contributed by atoms with van der Waals surface area (Å²) < 4.78 is 55.3. The van der Waals surface area contributed by atoms with Gasteiger partial charge in [0.05, 0.1) is 6.04 Å². The molecule has 2 aromatic heterocycles. The maximum absolute atomic E-state index is 13.0. The highest BCUT2D eigenvalue weighted by Gasteiger charge is 2.42. The first-order valence-corrected chi connectivity index (χ1v) is 9.56. The first-order valence-electron chi connectivity index (χ1n) is 9.56. The lowest BCUT2D eigenvalue weighted by atomic mass is 10.1. The number of pyridine rings is 2. The molecule has 1 atom stereocenters. The van der Waals surface area contributed by atoms with E-state index in [1.54, 1.807) is 26.0 Å². The highest BCUT2D eigenvalue weighted by atomic mass is 19.3. The van der Waals surface area contributed by atoms with Gasteiger partial charge in [0.1, 0.15) is 5.78 Å².